The number of nitrogens with zero attached hydrogens (tertiary/aromatic N) is 1. The number of hydrogen-bond acceptors (Lipinski definition) is 8. The summed E-state index contributed by atoms with van der Waals surface area (Å²) in [7, 11) is 0.753. The van der Waals surface area contributed by atoms with Crippen molar-refractivity contribution in [2.24, 2.45) is 0 Å². The van der Waals surface area contributed by atoms with Gasteiger partial charge in [0.2, 0.25) is 5.75 Å². The van der Waals surface area contributed by atoms with Crippen molar-refractivity contribution in [3.63, 3.8) is 0 Å². The number of carbonyl (C=O) groups is 1. The van der Waals surface area contributed by atoms with E-state index in [-0.39, 0.29) is 32.1 Å². The number of halogens is 2. The number of methoxy groups -OCH3 is 3. The maximum Gasteiger partial charge on any atom is 0.264 e. The predicted molar refractivity (Wildman–Crippen MR) is 132 cm³/mol. The molecule has 9 nitrogen and oxygen atoms in total. The third-order valence-corrected chi connectivity index (χ3v) is 6.97. The summed E-state index contributed by atoms with van der Waals surface area (Å²) in [6.45, 7) is 0.486. The molecule has 1 aliphatic heterocycles. The molecule has 35 heavy (non-hydrogen) atoms. The average Bonchev–Trinajstić information content (AvgIpc) is 2.83. The molecule has 12 heteroatoms. The van der Waals surface area contributed by atoms with Gasteiger partial charge < -0.3 is 23.8 Å². The van der Waals surface area contributed by atoms with Gasteiger partial charge in [0.05, 0.1) is 57.4 Å². The van der Waals surface area contributed by atoms with E-state index in [1.807, 2.05) is 0 Å². The number of ether oxygens (including phenoxy) is 4. The van der Waals surface area contributed by atoms with Gasteiger partial charge in [0.15, 0.2) is 11.5 Å². The van der Waals surface area contributed by atoms with E-state index in [0.29, 0.717) is 45.0 Å². The fraction of sp³-hybridized carbons (Fsp3) is 0.435. The van der Waals surface area contributed by atoms with E-state index in [4.69, 9.17) is 46.3 Å². The molecule has 1 saturated heterocycles. The normalized spacial score (nSPS) is 18.3. The quantitative estimate of drug-likeness (QED) is 0.437. The highest BCUT2D eigenvalue weighted by atomic mass is 35.5. The minimum atomic E-state index is -3.67. The molecule has 3 rings (SSSR count). The van der Waals surface area contributed by atoms with Crippen LogP contribution in [0.15, 0.2) is 30.3 Å². The van der Waals surface area contributed by atoms with Gasteiger partial charge >= 0.3 is 0 Å². The summed E-state index contributed by atoms with van der Waals surface area (Å²) < 4.78 is 50.3. The summed E-state index contributed by atoms with van der Waals surface area (Å²) in [5.74, 6) is 0.777. The molecule has 0 aromatic heterocycles. The lowest BCUT2D eigenvalue weighted by atomic mass is 9.88. The molecule has 0 unspecified atom stereocenters. The molecule has 0 bridgehead atoms. The van der Waals surface area contributed by atoms with E-state index in [0.717, 1.165) is 6.26 Å². The second-order valence-corrected chi connectivity index (χ2v) is 10.3. The third-order valence-electron chi connectivity index (χ3n) is 5.63. The van der Waals surface area contributed by atoms with E-state index in [2.05, 4.69) is 0 Å². The number of morpholine rings is 1. The molecular formula is C23H27Cl2NO8S. The van der Waals surface area contributed by atoms with Gasteiger partial charge in [-0.1, -0.05) is 29.3 Å². The summed E-state index contributed by atoms with van der Waals surface area (Å²) in [5, 5.41) is 0.670. The molecule has 0 radical (unpaired) electrons. The monoisotopic (exact) mass is 547 g/mol. The van der Waals surface area contributed by atoms with Crippen molar-refractivity contribution >= 4 is 39.2 Å². The van der Waals surface area contributed by atoms with Crippen molar-refractivity contribution in [1.29, 1.82) is 0 Å². The first-order valence-electron chi connectivity index (χ1n) is 10.6. The molecule has 1 aliphatic rings. The average molecular weight is 548 g/mol. The molecule has 1 atom stereocenters. The Balaban J connectivity index is 1.97. The van der Waals surface area contributed by atoms with Crippen LogP contribution in [0.2, 0.25) is 10.0 Å². The molecule has 192 valence electrons. The highest BCUT2D eigenvalue weighted by molar-refractivity contribution is 7.85. The van der Waals surface area contributed by atoms with Crippen LogP contribution in [-0.4, -0.2) is 73.1 Å². The third kappa shape index (κ3) is 6.31. The van der Waals surface area contributed by atoms with E-state index < -0.39 is 15.7 Å². The Bertz CT molecular complexity index is 1170. The molecule has 2 aromatic carbocycles. The summed E-state index contributed by atoms with van der Waals surface area (Å²) in [6.07, 6.45) is 1.12. The Labute approximate surface area is 214 Å². The topological polar surface area (TPSA) is 101 Å². The molecule has 1 amide bonds. The van der Waals surface area contributed by atoms with Crippen molar-refractivity contribution < 1.29 is 36.3 Å². The zero-order valence-corrected chi connectivity index (χ0v) is 22.1. The van der Waals surface area contributed by atoms with Gasteiger partial charge in [-0.25, -0.2) is 0 Å². The minimum absolute atomic E-state index is 0.119. The number of carbonyl (C=O) groups excluding carboxylic acids is 1. The molecule has 0 N–H and O–H groups in total. The maximum atomic E-state index is 13.6. The van der Waals surface area contributed by atoms with Gasteiger partial charge in [0, 0.05) is 18.5 Å². The zero-order chi connectivity index (χ0) is 25.8. The van der Waals surface area contributed by atoms with Crippen LogP contribution in [0.3, 0.4) is 0 Å². The lowest BCUT2D eigenvalue weighted by molar-refractivity contribution is -0.114. The van der Waals surface area contributed by atoms with E-state index >= 15 is 0 Å². The lowest BCUT2D eigenvalue weighted by Gasteiger charge is -2.43. The Morgan fingerprint density at radius 1 is 1.06 bits per heavy atom. The summed E-state index contributed by atoms with van der Waals surface area (Å²) >= 11 is 12.4. The van der Waals surface area contributed by atoms with Crippen LogP contribution in [-0.2, 0) is 24.6 Å². The summed E-state index contributed by atoms with van der Waals surface area (Å²) in [5.41, 5.74) is -0.101. The second-order valence-electron chi connectivity index (χ2n) is 7.89. The van der Waals surface area contributed by atoms with Crippen LogP contribution < -0.4 is 14.2 Å². The lowest BCUT2D eigenvalue weighted by Crippen LogP contribution is -2.52. The van der Waals surface area contributed by atoms with Gasteiger partial charge in [-0.15, -0.1) is 0 Å². The SMILES string of the molecule is COc1cc(C(=O)N2CCO[C@](CCOS(C)(=O)=O)(c3ccc(Cl)c(Cl)c3)C2)cc(OC)c1OC. The fourth-order valence-electron chi connectivity index (χ4n) is 3.95. The first kappa shape index (κ1) is 27.3. The number of amides is 1. The summed E-state index contributed by atoms with van der Waals surface area (Å²) in [4.78, 5) is 15.2. The van der Waals surface area contributed by atoms with Crippen LogP contribution in [0.25, 0.3) is 0 Å². The number of rotatable bonds is 9. The van der Waals surface area contributed by atoms with E-state index in [1.54, 1.807) is 35.2 Å². The van der Waals surface area contributed by atoms with Crippen LogP contribution in [0, 0.1) is 0 Å². The Morgan fingerprint density at radius 3 is 2.26 bits per heavy atom. The van der Waals surface area contributed by atoms with Crippen molar-refractivity contribution in [2.45, 2.75) is 12.0 Å². The van der Waals surface area contributed by atoms with Crippen molar-refractivity contribution in [3.8, 4) is 17.2 Å². The standard InChI is InChI=1S/C23H27Cl2NO8S/c1-30-19-11-15(12-20(31-2)21(19)32-3)22(27)26-8-10-33-23(14-26,7-9-34-35(4,28)29)16-5-6-17(24)18(25)13-16/h5-6,11-13H,7-10,14H2,1-4H3/t23-/m0/s1. The van der Waals surface area contributed by atoms with Crippen molar-refractivity contribution in [2.75, 3.05) is 53.9 Å². The number of benzene rings is 2. The van der Waals surface area contributed by atoms with E-state index in [9.17, 15) is 13.2 Å². The summed E-state index contributed by atoms with van der Waals surface area (Å²) in [6, 6.07) is 8.17. The largest absolute Gasteiger partial charge is 0.493 e. The molecule has 0 aliphatic carbocycles. The van der Waals surface area contributed by atoms with Gasteiger partial charge in [0.1, 0.15) is 5.60 Å². The van der Waals surface area contributed by atoms with Crippen molar-refractivity contribution in [3.05, 3.63) is 51.5 Å². The smallest absolute Gasteiger partial charge is 0.264 e. The van der Waals surface area contributed by atoms with Crippen LogP contribution in [0.1, 0.15) is 22.3 Å². The minimum Gasteiger partial charge on any atom is -0.493 e. The highest BCUT2D eigenvalue weighted by Crippen LogP contribution is 2.40. The Morgan fingerprint density at radius 2 is 1.71 bits per heavy atom. The van der Waals surface area contributed by atoms with Crippen LogP contribution in [0.5, 0.6) is 17.2 Å². The molecule has 0 spiro atoms. The predicted octanol–water partition coefficient (Wildman–Crippen LogP) is 3.75. The second kappa shape index (κ2) is 11.2. The fourth-order valence-corrected chi connectivity index (χ4v) is 4.64. The molecule has 2 aromatic rings. The Hall–Kier alpha value is -2.24. The van der Waals surface area contributed by atoms with Crippen molar-refractivity contribution in [1.82, 2.24) is 4.90 Å². The van der Waals surface area contributed by atoms with Gasteiger partial charge in [-0.3, -0.25) is 8.98 Å². The molecule has 1 fully saturated rings. The molecule has 0 saturated carbocycles. The highest BCUT2D eigenvalue weighted by Gasteiger charge is 2.41. The first-order valence-corrected chi connectivity index (χ1v) is 13.1. The van der Waals surface area contributed by atoms with E-state index in [1.165, 1.54) is 21.3 Å². The zero-order valence-electron chi connectivity index (χ0n) is 19.8. The molecule has 1 heterocycles. The maximum absolute atomic E-state index is 13.6. The Kier molecular flexibility index (Phi) is 8.76. The molecular weight excluding hydrogens is 521 g/mol. The van der Waals surface area contributed by atoms with Gasteiger partial charge in [-0.2, -0.15) is 8.42 Å². The van der Waals surface area contributed by atoms with Crippen LogP contribution >= 0.6 is 23.2 Å². The number of hydrogen-bond donors (Lipinski definition) is 0. The van der Waals surface area contributed by atoms with Gasteiger partial charge in [-0.05, 0) is 29.8 Å². The first-order chi connectivity index (χ1) is 16.5. The van der Waals surface area contributed by atoms with Crippen LogP contribution in [0.4, 0.5) is 0 Å². The van der Waals surface area contributed by atoms with Gasteiger partial charge in [0.25, 0.3) is 16.0 Å².